The first kappa shape index (κ1) is 26.8. The normalized spacial score (nSPS) is 12.2. The van der Waals surface area contributed by atoms with Crippen molar-refractivity contribution >= 4 is 44.8 Å². The number of methoxy groups -OCH3 is 2. The molecule has 1 unspecified atom stereocenters. The molecule has 8 nitrogen and oxygen atoms in total. The average molecular weight is 539 g/mol. The molecule has 3 aromatic rings. The number of hydrogen-bond donors (Lipinski definition) is 3. The topological polar surface area (TPSA) is 114 Å². The number of aliphatic hydroxyl groups excluding tert-OH is 1. The summed E-state index contributed by atoms with van der Waals surface area (Å²) in [4.78, 5) is 12.5. The first-order valence-corrected chi connectivity index (χ1v) is 12.6. The average Bonchev–Trinajstić information content (AvgIpc) is 2.83. The summed E-state index contributed by atoms with van der Waals surface area (Å²) in [5.74, 6) is -0.0537. The minimum absolute atomic E-state index is 0.0975. The van der Waals surface area contributed by atoms with Gasteiger partial charge < -0.3 is 19.9 Å². The lowest BCUT2D eigenvalue weighted by atomic mass is 9.96. The minimum atomic E-state index is -4.03. The van der Waals surface area contributed by atoms with Gasteiger partial charge in [-0.2, -0.15) is 0 Å². The van der Waals surface area contributed by atoms with Crippen LogP contribution in [0.4, 0.5) is 5.69 Å². The zero-order valence-corrected chi connectivity index (χ0v) is 21.5. The Kier molecular flexibility index (Phi) is 8.63. The number of benzene rings is 3. The van der Waals surface area contributed by atoms with Crippen molar-refractivity contribution in [2.75, 3.05) is 26.1 Å². The summed E-state index contributed by atoms with van der Waals surface area (Å²) in [5, 5.41) is 14.4. The van der Waals surface area contributed by atoms with Crippen molar-refractivity contribution in [3.63, 3.8) is 0 Å². The Bertz CT molecular complexity index is 1330. The summed E-state index contributed by atoms with van der Waals surface area (Å²) in [6.45, 7) is 1.25. The Morgan fingerprint density at radius 2 is 1.74 bits per heavy atom. The van der Waals surface area contributed by atoms with Gasteiger partial charge in [-0.25, -0.2) is 13.1 Å². The molecule has 0 fully saturated rings. The number of ether oxygens (including phenoxy) is 2. The molecule has 0 heterocycles. The van der Waals surface area contributed by atoms with Gasteiger partial charge in [0.1, 0.15) is 6.10 Å². The van der Waals surface area contributed by atoms with Crippen molar-refractivity contribution < 1.29 is 27.8 Å². The summed E-state index contributed by atoms with van der Waals surface area (Å²) in [6, 6.07) is 13.9. The van der Waals surface area contributed by atoms with Crippen LogP contribution in [0.1, 0.15) is 22.8 Å². The number of carbonyl (C=O) groups is 1. The van der Waals surface area contributed by atoms with E-state index in [0.717, 1.165) is 5.56 Å². The summed E-state index contributed by atoms with van der Waals surface area (Å²) in [7, 11) is -1.21. The van der Waals surface area contributed by atoms with Crippen LogP contribution < -0.4 is 19.5 Å². The molecule has 3 aromatic carbocycles. The molecule has 1 atom stereocenters. The van der Waals surface area contributed by atoms with Crippen LogP contribution in [0, 0.1) is 6.92 Å². The van der Waals surface area contributed by atoms with Gasteiger partial charge in [-0.3, -0.25) is 4.79 Å². The van der Waals surface area contributed by atoms with E-state index in [1.807, 2.05) is 0 Å². The highest BCUT2D eigenvalue weighted by molar-refractivity contribution is 7.89. The van der Waals surface area contributed by atoms with E-state index in [1.54, 1.807) is 31.2 Å². The Morgan fingerprint density at radius 1 is 1.03 bits per heavy atom. The van der Waals surface area contributed by atoms with E-state index in [0.29, 0.717) is 26.9 Å². The number of hydrogen-bond acceptors (Lipinski definition) is 6. The molecule has 0 aromatic heterocycles. The van der Waals surface area contributed by atoms with Gasteiger partial charge in [0, 0.05) is 32.9 Å². The molecule has 0 radical (unpaired) electrons. The molecule has 186 valence electrons. The number of rotatable bonds is 9. The zero-order chi connectivity index (χ0) is 25.8. The van der Waals surface area contributed by atoms with Crippen molar-refractivity contribution in [2.45, 2.75) is 17.9 Å². The van der Waals surface area contributed by atoms with Gasteiger partial charge in [0.25, 0.3) is 0 Å². The Balaban J connectivity index is 1.79. The van der Waals surface area contributed by atoms with Gasteiger partial charge in [-0.15, -0.1) is 0 Å². The summed E-state index contributed by atoms with van der Waals surface area (Å²) < 4.78 is 37.8. The van der Waals surface area contributed by atoms with Gasteiger partial charge in [-0.05, 0) is 48.9 Å². The third-order valence-corrected chi connectivity index (χ3v) is 7.18. The van der Waals surface area contributed by atoms with Crippen LogP contribution in [0.25, 0.3) is 0 Å². The Labute approximate surface area is 213 Å². The highest BCUT2D eigenvalue weighted by Crippen LogP contribution is 2.36. The second kappa shape index (κ2) is 11.3. The largest absolute Gasteiger partial charge is 0.493 e. The molecule has 3 N–H and O–H groups in total. The molecule has 0 saturated carbocycles. The fourth-order valence-electron chi connectivity index (χ4n) is 3.44. The van der Waals surface area contributed by atoms with Crippen LogP contribution in [-0.4, -0.2) is 40.2 Å². The lowest BCUT2D eigenvalue weighted by Gasteiger charge is -2.20. The lowest BCUT2D eigenvalue weighted by molar-refractivity contribution is -0.115. The van der Waals surface area contributed by atoms with Crippen molar-refractivity contribution in [2.24, 2.45) is 0 Å². The molecule has 0 bridgehead atoms. The molecule has 0 saturated heterocycles. The van der Waals surface area contributed by atoms with Crippen LogP contribution >= 0.6 is 23.2 Å². The van der Waals surface area contributed by atoms with E-state index in [1.165, 1.54) is 44.6 Å². The summed E-state index contributed by atoms with van der Waals surface area (Å²) in [5.41, 5.74) is 1.80. The number of aliphatic hydroxyl groups is 1. The highest BCUT2D eigenvalue weighted by atomic mass is 35.5. The predicted octanol–water partition coefficient (Wildman–Crippen LogP) is 4.32. The zero-order valence-electron chi connectivity index (χ0n) is 19.1. The number of halogens is 2. The van der Waals surface area contributed by atoms with Crippen LogP contribution in [0.2, 0.25) is 10.0 Å². The van der Waals surface area contributed by atoms with Crippen molar-refractivity contribution in [3.8, 4) is 11.5 Å². The van der Waals surface area contributed by atoms with Crippen LogP contribution in [0.15, 0.2) is 59.5 Å². The van der Waals surface area contributed by atoms with Gasteiger partial charge in [-0.1, -0.05) is 35.3 Å². The van der Waals surface area contributed by atoms with E-state index in [4.69, 9.17) is 32.7 Å². The number of anilines is 1. The molecular weight excluding hydrogens is 515 g/mol. The first-order valence-electron chi connectivity index (χ1n) is 10.3. The molecule has 0 spiro atoms. The summed E-state index contributed by atoms with van der Waals surface area (Å²) >= 11 is 12.4. The fraction of sp³-hybridized carbons (Fsp3) is 0.208. The highest BCUT2D eigenvalue weighted by Gasteiger charge is 2.22. The molecular formula is C24H24Cl2N2O6S. The third-order valence-electron chi connectivity index (χ3n) is 5.21. The Morgan fingerprint density at radius 3 is 2.40 bits per heavy atom. The minimum Gasteiger partial charge on any atom is -0.493 e. The monoisotopic (exact) mass is 538 g/mol. The number of nitrogens with one attached hydrogen (secondary N) is 2. The maximum absolute atomic E-state index is 12.7. The van der Waals surface area contributed by atoms with Crippen molar-refractivity contribution in [1.82, 2.24) is 4.72 Å². The molecule has 11 heteroatoms. The molecule has 35 heavy (non-hydrogen) atoms. The maximum atomic E-state index is 12.7. The second-order valence-electron chi connectivity index (χ2n) is 7.49. The maximum Gasteiger partial charge on any atom is 0.241 e. The Hall–Kier alpha value is -2.82. The van der Waals surface area contributed by atoms with E-state index >= 15 is 0 Å². The molecule has 0 aliphatic heterocycles. The van der Waals surface area contributed by atoms with Gasteiger partial charge in [0.15, 0.2) is 11.5 Å². The van der Waals surface area contributed by atoms with Gasteiger partial charge in [0.2, 0.25) is 15.9 Å². The van der Waals surface area contributed by atoms with E-state index in [9.17, 15) is 18.3 Å². The van der Waals surface area contributed by atoms with Crippen molar-refractivity contribution in [1.29, 1.82) is 0 Å². The van der Waals surface area contributed by atoms with Crippen molar-refractivity contribution in [3.05, 3.63) is 81.3 Å². The number of amides is 1. The second-order valence-corrected chi connectivity index (χ2v) is 10.1. The lowest BCUT2D eigenvalue weighted by Crippen LogP contribution is -2.33. The van der Waals surface area contributed by atoms with Crippen LogP contribution in [0.5, 0.6) is 11.5 Å². The molecule has 0 aliphatic rings. The predicted molar refractivity (Wildman–Crippen MR) is 135 cm³/mol. The number of carbonyl (C=O) groups excluding carboxylic acids is 1. The first-order chi connectivity index (χ1) is 16.6. The summed E-state index contributed by atoms with van der Waals surface area (Å²) in [6.07, 6.45) is -1.18. The van der Waals surface area contributed by atoms with Gasteiger partial charge >= 0.3 is 0 Å². The molecule has 1 amide bonds. The van der Waals surface area contributed by atoms with Crippen LogP contribution in [0.3, 0.4) is 0 Å². The SMILES string of the molecule is COc1ccc(S(=O)(=O)NCC(=O)Nc2ccc(Cl)cc2C(O)c2c(C)cccc2Cl)cc1OC. The molecule has 3 rings (SSSR count). The molecule has 0 aliphatic carbocycles. The van der Waals surface area contributed by atoms with E-state index in [2.05, 4.69) is 10.0 Å². The standard InChI is InChI=1S/C24H24Cl2N2O6S/c1-14-5-4-6-18(26)23(14)24(30)17-11-15(25)7-9-19(17)28-22(29)13-27-35(31,32)16-8-10-20(33-2)21(12-16)34-3/h4-12,24,27,30H,13H2,1-3H3,(H,28,29). The fourth-order valence-corrected chi connectivity index (χ4v) is 4.95. The van der Waals surface area contributed by atoms with Gasteiger partial charge in [0.05, 0.1) is 25.7 Å². The quantitative estimate of drug-likeness (QED) is 0.373. The van der Waals surface area contributed by atoms with E-state index in [-0.39, 0.29) is 16.3 Å². The third kappa shape index (κ3) is 6.25. The van der Waals surface area contributed by atoms with E-state index < -0.39 is 28.6 Å². The number of sulfonamides is 1. The van der Waals surface area contributed by atoms with Crippen LogP contribution in [-0.2, 0) is 14.8 Å². The number of aryl methyl sites for hydroxylation is 1. The smallest absolute Gasteiger partial charge is 0.241 e.